The van der Waals surface area contributed by atoms with Crippen molar-refractivity contribution in [3.8, 4) is 5.88 Å². The van der Waals surface area contributed by atoms with Crippen LogP contribution in [0.4, 0.5) is 5.69 Å². The molecule has 0 aliphatic carbocycles. The Morgan fingerprint density at radius 2 is 2.00 bits per heavy atom. The number of hydrogen-bond acceptors (Lipinski definition) is 8. The van der Waals surface area contributed by atoms with Crippen molar-refractivity contribution in [3.63, 3.8) is 0 Å². The Balaban J connectivity index is 1.80. The zero-order valence-corrected chi connectivity index (χ0v) is 16.2. The number of hydrogen-bond donors (Lipinski definition) is 0. The van der Waals surface area contributed by atoms with E-state index in [1.807, 2.05) is 32.0 Å². The number of carbonyl (C=O) groups excluding carboxylic acids is 1. The summed E-state index contributed by atoms with van der Waals surface area (Å²) in [6.07, 6.45) is 1.42. The van der Waals surface area contributed by atoms with Gasteiger partial charge in [0, 0.05) is 11.6 Å². The summed E-state index contributed by atoms with van der Waals surface area (Å²) in [6.45, 7) is 5.92. The van der Waals surface area contributed by atoms with Gasteiger partial charge < -0.3 is 9.57 Å². The van der Waals surface area contributed by atoms with Gasteiger partial charge in [-0.25, -0.2) is 9.78 Å². The first kappa shape index (κ1) is 17.4. The average Bonchev–Trinajstić information content (AvgIpc) is 3.03. The number of aryl methyl sites for hydroxylation is 1. The Morgan fingerprint density at radius 1 is 1.22 bits per heavy atom. The summed E-state index contributed by atoms with van der Waals surface area (Å²) < 4.78 is 4.86. The van der Waals surface area contributed by atoms with E-state index in [0.29, 0.717) is 21.0 Å². The zero-order chi connectivity index (χ0) is 19.1. The minimum absolute atomic E-state index is 0.209. The van der Waals surface area contributed by atoms with E-state index in [9.17, 15) is 4.79 Å². The number of carbonyl (C=O) groups is 1. The largest absolute Gasteiger partial charge is 0.465 e. The van der Waals surface area contributed by atoms with Gasteiger partial charge in [0.15, 0.2) is 0 Å². The number of para-hydroxylation sites is 1. The van der Waals surface area contributed by atoms with Crippen molar-refractivity contribution < 1.29 is 14.4 Å². The number of aromatic nitrogens is 2. The fourth-order valence-corrected chi connectivity index (χ4v) is 4.14. The maximum absolute atomic E-state index is 12.0. The number of rotatable bonds is 3. The van der Waals surface area contributed by atoms with E-state index in [4.69, 9.17) is 9.57 Å². The van der Waals surface area contributed by atoms with Crippen molar-refractivity contribution in [2.24, 2.45) is 5.10 Å². The summed E-state index contributed by atoms with van der Waals surface area (Å²) >= 11 is 1.26. The molecule has 0 saturated carbocycles. The number of ether oxygens (including phenoxy) is 1. The predicted molar refractivity (Wildman–Crippen MR) is 105 cm³/mol. The third-order valence-corrected chi connectivity index (χ3v) is 5.90. The number of benzene rings is 1. The van der Waals surface area contributed by atoms with Gasteiger partial charge >= 0.3 is 5.97 Å². The van der Waals surface area contributed by atoms with Crippen LogP contribution in [0.2, 0.25) is 0 Å². The number of hydrazone groups is 1. The number of esters is 1. The van der Waals surface area contributed by atoms with Gasteiger partial charge in [-0.15, -0.1) is 16.4 Å². The van der Waals surface area contributed by atoms with Crippen molar-refractivity contribution >= 4 is 38.9 Å². The SMILES string of the molecule is COC(=O)c1sc2ncnc(ON3N=C(C)[C@@H](C)c4ccccc43)c2c1C. The quantitative estimate of drug-likeness (QED) is 0.635. The molecule has 7 nitrogen and oxygen atoms in total. The monoisotopic (exact) mass is 382 g/mol. The molecular formula is C19H18N4O3S. The van der Waals surface area contributed by atoms with Crippen LogP contribution in [0.3, 0.4) is 0 Å². The molecule has 1 aromatic carbocycles. The topological polar surface area (TPSA) is 76.9 Å². The molecule has 1 atom stereocenters. The van der Waals surface area contributed by atoms with E-state index >= 15 is 0 Å². The molecule has 2 aromatic heterocycles. The van der Waals surface area contributed by atoms with E-state index in [-0.39, 0.29) is 5.92 Å². The molecule has 1 aliphatic rings. The molecule has 0 radical (unpaired) electrons. The Labute approximate surface area is 160 Å². The van der Waals surface area contributed by atoms with Crippen molar-refractivity contribution in [3.05, 3.63) is 46.6 Å². The van der Waals surface area contributed by atoms with Gasteiger partial charge in [0.25, 0.3) is 5.88 Å². The van der Waals surface area contributed by atoms with Crippen LogP contribution in [0.25, 0.3) is 10.2 Å². The molecule has 0 amide bonds. The van der Waals surface area contributed by atoms with Crippen molar-refractivity contribution in [2.45, 2.75) is 26.7 Å². The van der Waals surface area contributed by atoms with Crippen molar-refractivity contribution in [1.29, 1.82) is 0 Å². The molecule has 27 heavy (non-hydrogen) atoms. The van der Waals surface area contributed by atoms with Crippen molar-refractivity contribution in [1.82, 2.24) is 9.97 Å². The molecule has 0 fully saturated rings. The Hall–Kier alpha value is -3.00. The number of thiophene rings is 1. The minimum Gasteiger partial charge on any atom is -0.465 e. The second kappa shape index (κ2) is 6.62. The molecule has 0 N–H and O–H groups in total. The van der Waals surface area contributed by atoms with E-state index in [1.54, 1.807) is 0 Å². The van der Waals surface area contributed by atoms with E-state index in [1.165, 1.54) is 29.9 Å². The zero-order valence-electron chi connectivity index (χ0n) is 15.4. The Kier molecular flexibility index (Phi) is 4.27. The van der Waals surface area contributed by atoms with Gasteiger partial charge in [-0.05, 0) is 31.0 Å². The number of methoxy groups -OCH3 is 1. The molecule has 0 bridgehead atoms. The highest BCUT2D eigenvalue weighted by Gasteiger charge is 2.27. The molecule has 0 unspecified atom stereocenters. The summed E-state index contributed by atoms with van der Waals surface area (Å²) in [6, 6.07) is 7.97. The van der Waals surface area contributed by atoms with Crippen LogP contribution in [0, 0.1) is 6.92 Å². The number of anilines is 1. The maximum atomic E-state index is 12.0. The van der Waals surface area contributed by atoms with Gasteiger partial charge in [-0.1, -0.05) is 30.3 Å². The molecule has 3 aromatic rings. The van der Waals surface area contributed by atoms with Crippen LogP contribution < -0.4 is 10.0 Å². The van der Waals surface area contributed by atoms with E-state index < -0.39 is 5.97 Å². The van der Waals surface area contributed by atoms with Gasteiger partial charge in [0.1, 0.15) is 21.7 Å². The lowest BCUT2D eigenvalue weighted by molar-refractivity contribution is 0.0605. The first-order valence-corrected chi connectivity index (χ1v) is 9.27. The van der Waals surface area contributed by atoms with Gasteiger partial charge in [0.2, 0.25) is 0 Å². The molecule has 1 aliphatic heterocycles. The lowest BCUT2D eigenvalue weighted by Gasteiger charge is -2.29. The third-order valence-electron chi connectivity index (χ3n) is 4.72. The minimum atomic E-state index is -0.396. The lowest BCUT2D eigenvalue weighted by Crippen LogP contribution is -2.30. The Bertz CT molecular complexity index is 1080. The first-order chi connectivity index (χ1) is 13.0. The summed E-state index contributed by atoms with van der Waals surface area (Å²) in [4.78, 5) is 27.8. The normalized spacial score (nSPS) is 16.1. The summed E-state index contributed by atoms with van der Waals surface area (Å²) in [5.74, 6) is 0.164. The van der Waals surface area contributed by atoms with Crippen LogP contribution in [0.1, 0.15) is 40.6 Å². The fourth-order valence-electron chi connectivity index (χ4n) is 3.08. The highest BCUT2D eigenvalue weighted by molar-refractivity contribution is 7.20. The van der Waals surface area contributed by atoms with Gasteiger partial charge in [0.05, 0.1) is 12.5 Å². The van der Waals surface area contributed by atoms with Gasteiger partial charge in [-0.2, -0.15) is 4.98 Å². The highest BCUT2D eigenvalue weighted by atomic mass is 32.1. The average molecular weight is 382 g/mol. The maximum Gasteiger partial charge on any atom is 0.348 e. The standard InChI is InChI=1S/C19H18N4O3S/c1-10-12(3)22-23(14-8-6-5-7-13(10)14)26-17-15-11(2)16(19(24)25-4)27-18(15)21-9-20-17/h5-10H,1-4H3/t10-/m1/s1. The smallest absolute Gasteiger partial charge is 0.348 e. The molecule has 4 rings (SSSR count). The van der Waals surface area contributed by atoms with Crippen LogP contribution >= 0.6 is 11.3 Å². The van der Waals surface area contributed by atoms with Gasteiger partial charge in [-0.3, -0.25) is 0 Å². The van der Waals surface area contributed by atoms with Crippen LogP contribution in [-0.2, 0) is 4.74 Å². The number of nitrogens with zero attached hydrogens (tertiary/aromatic N) is 4. The van der Waals surface area contributed by atoms with Crippen LogP contribution in [-0.4, -0.2) is 28.8 Å². The summed E-state index contributed by atoms with van der Waals surface area (Å²) in [5, 5.41) is 6.75. The third kappa shape index (κ3) is 2.82. The highest BCUT2D eigenvalue weighted by Crippen LogP contribution is 2.38. The first-order valence-electron chi connectivity index (χ1n) is 8.45. The molecule has 0 saturated heterocycles. The number of fused-ring (bicyclic) bond motifs is 2. The molecule has 8 heteroatoms. The second-order valence-electron chi connectivity index (χ2n) is 6.29. The van der Waals surface area contributed by atoms with Crippen LogP contribution in [0.15, 0.2) is 35.7 Å². The lowest BCUT2D eigenvalue weighted by atomic mass is 9.94. The van der Waals surface area contributed by atoms with E-state index in [0.717, 1.165) is 22.5 Å². The molecule has 138 valence electrons. The fraction of sp³-hybridized carbons (Fsp3) is 0.263. The Morgan fingerprint density at radius 3 is 2.78 bits per heavy atom. The van der Waals surface area contributed by atoms with E-state index in [2.05, 4.69) is 28.1 Å². The molecular weight excluding hydrogens is 364 g/mol. The summed E-state index contributed by atoms with van der Waals surface area (Å²) in [7, 11) is 1.36. The predicted octanol–water partition coefficient (Wildman–Crippen LogP) is 4.08. The molecule has 3 heterocycles. The van der Waals surface area contributed by atoms with Crippen molar-refractivity contribution in [2.75, 3.05) is 12.3 Å². The molecule has 0 spiro atoms. The van der Waals surface area contributed by atoms with Crippen LogP contribution in [0.5, 0.6) is 5.88 Å². The summed E-state index contributed by atoms with van der Waals surface area (Å²) in [5.41, 5.74) is 3.67. The second-order valence-corrected chi connectivity index (χ2v) is 7.29.